The Bertz CT molecular complexity index is 107. The molecule has 0 atom stereocenters. The Morgan fingerprint density at radius 1 is 1.78 bits per heavy atom. The Morgan fingerprint density at radius 3 is 2.78 bits per heavy atom. The monoisotopic (exact) mass is 143 g/mol. The van der Waals surface area contributed by atoms with Gasteiger partial charge in [-0.05, 0) is 19.4 Å². The van der Waals surface area contributed by atoms with E-state index in [1.807, 2.05) is 0 Å². The molecule has 0 aromatic carbocycles. The molecule has 0 heterocycles. The topological polar surface area (TPSA) is 12.4 Å². The Hall–Kier alpha value is -0.240. The first-order chi connectivity index (χ1) is 4.35. The molecule has 0 aliphatic carbocycles. The SMILES string of the molecule is C=N/C(=C\CC)CSC. The third kappa shape index (κ3) is 4.28. The summed E-state index contributed by atoms with van der Waals surface area (Å²) in [6.07, 6.45) is 5.22. The van der Waals surface area contributed by atoms with Crippen molar-refractivity contribution in [2.45, 2.75) is 13.3 Å². The highest BCUT2D eigenvalue weighted by Gasteiger charge is 1.87. The largest absolute Gasteiger partial charge is 0.269 e. The van der Waals surface area contributed by atoms with Crippen LogP contribution >= 0.6 is 11.8 Å². The van der Waals surface area contributed by atoms with Crippen LogP contribution in [0.5, 0.6) is 0 Å². The van der Waals surface area contributed by atoms with Crippen LogP contribution in [-0.4, -0.2) is 18.7 Å². The zero-order valence-electron chi connectivity index (χ0n) is 6.05. The first kappa shape index (κ1) is 8.76. The fourth-order valence-corrected chi connectivity index (χ4v) is 1.06. The third-order valence-corrected chi connectivity index (χ3v) is 1.52. The van der Waals surface area contributed by atoms with Gasteiger partial charge < -0.3 is 0 Å². The second-order valence-electron chi connectivity index (χ2n) is 1.69. The van der Waals surface area contributed by atoms with Crippen LogP contribution in [0, 0.1) is 0 Å². The van der Waals surface area contributed by atoms with Crippen LogP contribution in [0.3, 0.4) is 0 Å². The molecule has 0 aliphatic heterocycles. The quantitative estimate of drug-likeness (QED) is 0.550. The molecule has 52 valence electrons. The molecule has 2 heteroatoms. The van der Waals surface area contributed by atoms with Crippen molar-refractivity contribution in [2.75, 3.05) is 12.0 Å². The lowest BCUT2D eigenvalue weighted by atomic mass is 10.4. The predicted octanol–water partition coefficient (Wildman–Crippen LogP) is 2.34. The van der Waals surface area contributed by atoms with E-state index < -0.39 is 0 Å². The van der Waals surface area contributed by atoms with Crippen molar-refractivity contribution in [1.29, 1.82) is 0 Å². The summed E-state index contributed by atoms with van der Waals surface area (Å²) in [4.78, 5) is 3.86. The summed E-state index contributed by atoms with van der Waals surface area (Å²) in [5.74, 6) is 0.983. The fraction of sp³-hybridized carbons (Fsp3) is 0.571. The van der Waals surface area contributed by atoms with E-state index in [1.54, 1.807) is 11.8 Å². The standard InChI is InChI=1S/C7H13NS/c1-4-5-7(8-2)6-9-3/h5H,2,4,6H2,1,3H3/b7-5-. The predicted molar refractivity (Wildman–Crippen MR) is 46.3 cm³/mol. The molecule has 0 aliphatic rings. The van der Waals surface area contributed by atoms with Crippen molar-refractivity contribution in [3.05, 3.63) is 11.8 Å². The van der Waals surface area contributed by atoms with Gasteiger partial charge in [0.2, 0.25) is 0 Å². The first-order valence-corrected chi connectivity index (χ1v) is 4.39. The maximum atomic E-state index is 3.86. The van der Waals surface area contributed by atoms with Gasteiger partial charge in [-0.3, -0.25) is 4.99 Å². The second kappa shape index (κ2) is 5.89. The second-order valence-corrected chi connectivity index (χ2v) is 2.56. The molecule has 0 saturated heterocycles. The van der Waals surface area contributed by atoms with Crippen molar-refractivity contribution in [3.8, 4) is 0 Å². The Kier molecular flexibility index (Phi) is 5.73. The van der Waals surface area contributed by atoms with Gasteiger partial charge in [0.1, 0.15) is 0 Å². The van der Waals surface area contributed by atoms with E-state index in [0.29, 0.717) is 0 Å². The summed E-state index contributed by atoms with van der Waals surface area (Å²) in [6, 6.07) is 0. The Morgan fingerprint density at radius 2 is 2.44 bits per heavy atom. The Balaban J connectivity index is 3.66. The van der Waals surface area contributed by atoms with Gasteiger partial charge >= 0.3 is 0 Å². The van der Waals surface area contributed by atoms with E-state index in [1.165, 1.54) is 0 Å². The zero-order valence-corrected chi connectivity index (χ0v) is 6.87. The summed E-state index contributed by atoms with van der Waals surface area (Å²) in [6.45, 7) is 5.57. The number of thioether (sulfide) groups is 1. The van der Waals surface area contributed by atoms with Gasteiger partial charge in [-0.15, -0.1) is 0 Å². The van der Waals surface area contributed by atoms with Crippen molar-refractivity contribution in [3.63, 3.8) is 0 Å². The summed E-state index contributed by atoms with van der Waals surface area (Å²) in [5, 5.41) is 0. The van der Waals surface area contributed by atoms with Gasteiger partial charge in [-0.2, -0.15) is 11.8 Å². The molecule has 0 spiro atoms. The summed E-state index contributed by atoms with van der Waals surface area (Å²) in [5.41, 5.74) is 1.10. The molecule has 0 aromatic heterocycles. The van der Waals surface area contributed by atoms with Gasteiger partial charge in [0.05, 0.1) is 0 Å². The van der Waals surface area contributed by atoms with Crippen LogP contribution < -0.4 is 0 Å². The van der Waals surface area contributed by atoms with Crippen molar-refractivity contribution >= 4 is 18.5 Å². The highest BCUT2D eigenvalue weighted by atomic mass is 32.2. The minimum atomic E-state index is 0.983. The fourth-order valence-electron chi connectivity index (χ4n) is 0.553. The maximum absolute atomic E-state index is 3.86. The lowest BCUT2D eigenvalue weighted by Gasteiger charge is -1.94. The number of nitrogens with zero attached hydrogens (tertiary/aromatic N) is 1. The molecule has 0 rings (SSSR count). The molecular weight excluding hydrogens is 130 g/mol. The third-order valence-electron chi connectivity index (χ3n) is 0.935. The van der Waals surface area contributed by atoms with Gasteiger partial charge in [0.25, 0.3) is 0 Å². The van der Waals surface area contributed by atoms with Gasteiger partial charge in [0.15, 0.2) is 0 Å². The molecule has 9 heavy (non-hydrogen) atoms. The first-order valence-electron chi connectivity index (χ1n) is 2.99. The lowest BCUT2D eigenvalue weighted by molar-refractivity contribution is 1.17. The van der Waals surface area contributed by atoms with E-state index in [9.17, 15) is 0 Å². The van der Waals surface area contributed by atoms with Crippen LogP contribution in [0.25, 0.3) is 0 Å². The average Bonchev–Trinajstić information content (AvgIpc) is 1.88. The van der Waals surface area contributed by atoms with Crippen LogP contribution in [0.2, 0.25) is 0 Å². The minimum Gasteiger partial charge on any atom is -0.269 e. The van der Waals surface area contributed by atoms with E-state index in [4.69, 9.17) is 0 Å². The van der Waals surface area contributed by atoms with Crippen LogP contribution in [0.15, 0.2) is 16.8 Å². The molecule has 0 aromatic rings. The molecule has 0 N–H and O–H groups in total. The molecular formula is C7H13NS. The highest BCUT2D eigenvalue weighted by Crippen LogP contribution is 2.04. The molecule has 0 radical (unpaired) electrons. The molecule has 0 unspecified atom stereocenters. The lowest BCUT2D eigenvalue weighted by Crippen LogP contribution is -1.80. The minimum absolute atomic E-state index is 0.983. The Labute approximate surface area is 61.3 Å². The highest BCUT2D eigenvalue weighted by molar-refractivity contribution is 7.98. The molecule has 0 bridgehead atoms. The van der Waals surface area contributed by atoms with Gasteiger partial charge in [-0.1, -0.05) is 13.0 Å². The molecule has 0 amide bonds. The van der Waals surface area contributed by atoms with Crippen molar-refractivity contribution < 1.29 is 0 Å². The molecule has 0 saturated carbocycles. The summed E-state index contributed by atoms with van der Waals surface area (Å²) < 4.78 is 0. The van der Waals surface area contributed by atoms with Gasteiger partial charge in [0, 0.05) is 11.4 Å². The zero-order chi connectivity index (χ0) is 7.11. The van der Waals surface area contributed by atoms with Crippen LogP contribution in [-0.2, 0) is 0 Å². The van der Waals surface area contributed by atoms with Crippen LogP contribution in [0.1, 0.15) is 13.3 Å². The van der Waals surface area contributed by atoms with E-state index in [0.717, 1.165) is 17.9 Å². The summed E-state index contributed by atoms with van der Waals surface area (Å²) in [7, 11) is 0. The van der Waals surface area contributed by atoms with Gasteiger partial charge in [-0.25, -0.2) is 0 Å². The maximum Gasteiger partial charge on any atom is 0.0455 e. The number of allylic oxidation sites excluding steroid dienone is 1. The number of aliphatic imine (C=N–C) groups is 1. The smallest absolute Gasteiger partial charge is 0.0455 e. The van der Waals surface area contributed by atoms with E-state index >= 15 is 0 Å². The van der Waals surface area contributed by atoms with E-state index in [2.05, 4.69) is 31.0 Å². The van der Waals surface area contributed by atoms with Crippen molar-refractivity contribution in [2.24, 2.45) is 4.99 Å². The molecule has 0 fully saturated rings. The van der Waals surface area contributed by atoms with Crippen LogP contribution in [0.4, 0.5) is 0 Å². The number of rotatable bonds is 4. The van der Waals surface area contributed by atoms with E-state index in [-0.39, 0.29) is 0 Å². The number of hydrogen-bond acceptors (Lipinski definition) is 2. The summed E-state index contributed by atoms with van der Waals surface area (Å²) >= 11 is 1.77. The average molecular weight is 143 g/mol. The number of hydrogen-bond donors (Lipinski definition) is 0. The van der Waals surface area contributed by atoms with Crippen molar-refractivity contribution in [1.82, 2.24) is 0 Å². The normalized spacial score (nSPS) is 11.6. The molecule has 1 nitrogen and oxygen atoms in total.